The molecule has 1 unspecified atom stereocenters. The largest absolute Gasteiger partial charge is 0.495 e. The van der Waals surface area contributed by atoms with Crippen molar-refractivity contribution in [3.8, 4) is 18.1 Å². The summed E-state index contributed by atoms with van der Waals surface area (Å²) < 4.78 is 5.46. The number of carbonyl (C=O) groups excluding carboxylic acids is 1. The number of amides is 2. The smallest absolute Gasteiger partial charge is 0.328 e. The first kappa shape index (κ1) is 15.9. The van der Waals surface area contributed by atoms with E-state index in [0.29, 0.717) is 17.0 Å². The van der Waals surface area contributed by atoms with Gasteiger partial charge < -0.3 is 15.2 Å². The minimum Gasteiger partial charge on any atom is -0.495 e. The van der Waals surface area contributed by atoms with E-state index in [0.717, 1.165) is 5.56 Å². The van der Waals surface area contributed by atoms with Crippen molar-refractivity contribution in [3.05, 3.63) is 35.5 Å². The zero-order valence-electron chi connectivity index (χ0n) is 13.2. The number of aliphatic hydroxyl groups excluding tert-OH is 1. The van der Waals surface area contributed by atoms with Gasteiger partial charge in [-0.05, 0) is 23.6 Å². The van der Waals surface area contributed by atoms with E-state index in [1.807, 2.05) is 26.8 Å². The predicted octanol–water partition coefficient (Wildman–Crippen LogP) is 2.34. The highest BCUT2D eigenvalue weighted by Crippen LogP contribution is 2.37. The Morgan fingerprint density at radius 1 is 1.41 bits per heavy atom. The molecule has 5 heteroatoms. The van der Waals surface area contributed by atoms with E-state index in [4.69, 9.17) is 11.2 Å². The molecule has 0 bridgehead atoms. The van der Waals surface area contributed by atoms with Crippen molar-refractivity contribution in [2.45, 2.75) is 32.4 Å². The lowest BCUT2D eigenvalue weighted by Crippen LogP contribution is -2.45. The van der Waals surface area contributed by atoms with Crippen LogP contribution in [0.1, 0.15) is 31.9 Å². The Kier molecular flexibility index (Phi) is 4.16. The van der Waals surface area contributed by atoms with Gasteiger partial charge in [0.25, 0.3) is 0 Å². The van der Waals surface area contributed by atoms with E-state index >= 15 is 0 Å². The first-order valence-electron chi connectivity index (χ1n) is 6.93. The number of nitrogens with one attached hydrogen (secondary N) is 1. The molecule has 1 heterocycles. The van der Waals surface area contributed by atoms with Crippen LogP contribution in [0.4, 0.5) is 10.5 Å². The van der Waals surface area contributed by atoms with Crippen molar-refractivity contribution >= 4 is 11.7 Å². The molecule has 22 heavy (non-hydrogen) atoms. The maximum Gasteiger partial charge on any atom is 0.328 e. The highest BCUT2D eigenvalue weighted by Gasteiger charge is 2.26. The summed E-state index contributed by atoms with van der Waals surface area (Å²) in [5.74, 6) is 3.24. The van der Waals surface area contributed by atoms with Crippen molar-refractivity contribution in [1.29, 1.82) is 0 Å². The van der Waals surface area contributed by atoms with Gasteiger partial charge in [0.05, 0.1) is 18.4 Å². The molecular formula is C17H20N2O3. The van der Waals surface area contributed by atoms with Gasteiger partial charge in [-0.2, -0.15) is 0 Å². The number of nitrogens with zero attached hydrogens (tertiary/aromatic N) is 1. The monoisotopic (exact) mass is 300 g/mol. The van der Waals surface area contributed by atoms with Crippen molar-refractivity contribution in [2.24, 2.45) is 0 Å². The van der Waals surface area contributed by atoms with Gasteiger partial charge in [-0.1, -0.05) is 26.7 Å². The van der Waals surface area contributed by atoms with Crippen LogP contribution in [0.2, 0.25) is 0 Å². The summed E-state index contributed by atoms with van der Waals surface area (Å²) in [5.41, 5.74) is 1.91. The zero-order valence-corrected chi connectivity index (χ0v) is 13.2. The third kappa shape index (κ3) is 2.92. The molecule has 5 nitrogen and oxygen atoms in total. The quantitative estimate of drug-likeness (QED) is 0.824. The Hall–Kier alpha value is -2.45. The fourth-order valence-corrected chi connectivity index (χ4v) is 2.32. The minimum atomic E-state index is -0.976. The number of rotatable bonds is 2. The highest BCUT2D eigenvalue weighted by molar-refractivity contribution is 5.95. The van der Waals surface area contributed by atoms with Crippen LogP contribution in [0.5, 0.6) is 5.75 Å². The Morgan fingerprint density at radius 2 is 2.09 bits per heavy atom. The van der Waals surface area contributed by atoms with Gasteiger partial charge in [-0.3, -0.25) is 4.90 Å². The van der Waals surface area contributed by atoms with Gasteiger partial charge in [-0.25, -0.2) is 4.79 Å². The van der Waals surface area contributed by atoms with E-state index in [9.17, 15) is 9.90 Å². The van der Waals surface area contributed by atoms with Crippen LogP contribution in [0.3, 0.4) is 0 Å². The number of aliphatic hydroxyl groups is 1. The first-order chi connectivity index (χ1) is 10.3. The second-order valence-electron chi connectivity index (χ2n) is 6.07. The fourth-order valence-electron chi connectivity index (χ4n) is 2.32. The average Bonchev–Trinajstić information content (AvgIpc) is 2.44. The van der Waals surface area contributed by atoms with Crippen molar-refractivity contribution in [3.63, 3.8) is 0 Å². The van der Waals surface area contributed by atoms with E-state index in [1.165, 1.54) is 17.2 Å². The van der Waals surface area contributed by atoms with Crippen LogP contribution in [0.15, 0.2) is 24.4 Å². The zero-order chi connectivity index (χ0) is 16.5. The van der Waals surface area contributed by atoms with Crippen molar-refractivity contribution in [1.82, 2.24) is 5.32 Å². The molecule has 0 spiro atoms. The summed E-state index contributed by atoms with van der Waals surface area (Å²) in [6.07, 6.45) is 7.62. The Balaban J connectivity index is 2.62. The molecule has 0 fully saturated rings. The number of carbonyl (C=O) groups is 1. The normalized spacial score (nSPS) is 17.9. The molecule has 0 saturated carbocycles. The maximum absolute atomic E-state index is 12.0. The molecule has 2 rings (SSSR count). The lowest BCUT2D eigenvalue weighted by atomic mass is 9.84. The van der Waals surface area contributed by atoms with Gasteiger partial charge in [-0.15, -0.1) is 6.42 Å². The number of terminal acetylenes is 1. The lowest BCUT2D eigenvalue weighted by molar-refractivity contribution is 0.178. The van der Waals surface area contributed by atoms with E-state index in [2.05, 4.69) is 11.2 Å². The molecule has 2 amide bonds. The lowest BCUT2D eigenvalue weighted by Gasteiger charge is -2.29. The SMILES string of the molecule is C#Cc1cc(N2C=CC(O)NC2=O)cc(C(C)(C)C)c1OC. The summed E-state index contributed by atoms with van der Waals surface area (Å²) in [7, 11) is 1.58. The van der Waals surface area contributed by atoms with Gasteiger partial charge in [0.1, 0.15) is 12.0 Å². The molecular weight excluding hydrogens is 280 g/mol. The standard InChI is InChI=1S/C17H20N2O3/c1-6-11-9-12(19-8-7-14(20)18-16(19)21)10-13(15(11)22-5)17(2,3)4/h1,7-10,14,20H,2-5H3,(H,18,21). The van der Waals surface area contributed by atoms with E-state index in [-0.39, 0.29) is 5.41 Å². The van der Waals surface area contributed by atoms with Crippen LogP contribution in [0.25, 0.3) is 0 Å². The third-order valence-electron chi connectivity index (χ3n) is 3.43. The molecule has 2 N–H and O–H groups in total. The maximum atomic E-state index is 12.0. The molecule has 0 radical (unpaired) electrons. The molecule has 1 aliphatic rings. The van der Waals surface area contributed by atoms with Crippen LogP contribution >= 0.6 is 0 Å². The Bertz CT molecular complexity index is 666. The molecule has 0 aliphatic carbocycles. The molecule has 1 aromatic rings. The molecule has 0 aromatic heterocycles. The second kappa shape index (κ2) is 5.74. The summed E-state index contributed by atoms with van der Waals surface area (Å²) in [6.45, 7) is 6.14. The summed E-state index contributed by atoms with van der Waals surface area (Å²) in [4.78, 5) is 13.4. The number of hydrogen-bond acceptors (Lipinski definition) is 3. The van der Waals surface area contributed by atoms with E-state index < -0.39 is 12.3 Å². The van der Waals surface area contributed by atoms with Gasteiger partial charge in [0.15, 0.2) is 0 Å². The number of hydrogen-bond donors (Lipinski definition) is 2. The fraction of sp³-hybridized carbons (Fsp3) is 0.353. The number of anilines is 1. The summed E-state index contributed by atoms with van der Waals surface area (Å²) in [5, 5.41) is 11.8. The van der Waals surface area contributed by atoms with Crippen molar-refractivity contribution < 1.29 is 14.6 Å². The molecule has 1 aliphatic heterocycles. The Morgan fingerprint density at radius 3 is 2.59 bits per heavy atom. The summed E-state index contributed by atoms with van der Waals surface area (Å²) in [6, 6.07) is 3.18. The minimum absolute atomic E-state index is 0.206. The van der Waals surface area contributed by atoms with Gasteiger partial charge in [0.2, 0.25) is 0 Å². The molecule has 0 saturated heterocycles. The number of benzene rings is 1. The van der Waals surface area contributed by atoms with Crippen molar-refractivity contribution in [2.75, 3.05) is 12.0 Å². The predicted molar refractivity (Wildman–Crippen MR) is 85.8 cm³/mol. The number of ether oxygens (including phenoxy) is 1. The van der Waals surface area contributed by atoms with Crippen LogP contribution in [0, 0.1) is 12.3 Å². The van der Waals surface area contributed by atoms with Gasteiger partial charge in [0, 0.05) is 11.8 Å². The number of urea groups is 1. The number of methoxy groups -OCH3 is 1. The topological polar surface area (TPSA) is 61.8 Å². The summed E-state index contributed by atoms with van der Waals surface area (Å²) >= 11 is 0. The van der Waals surface area contributed by atoms with Crippen LogP contribution in [-0.2, 0) is 5.41 Å². The molecule has 1 aromatic carbocycles. The van der Waals surface area contributed by atoms with Crippen LogP contribution in [-0.4, -0.2) is 24.5 Å². The molecule has 1 atom stereocenters. The van der Waals surface area contributed by atoms with Gasteiger partial charge >= 0.3 is 6.03 Å². The van der Waals surface area contributed by atoms with Crippen LogP contribution < -0.4 is 15.0 Å². The van der Waals surface area contributed by atoms with E-state index in [1.54, 1.807) is 13.2 Å². The Labute approximate surface area is 130 Å². The first-order valence-corrected chi connectivity index (χ1v) is 6.93. The average molecular weight is 300 g/mol. The third-order valence-corrected chi connectivity index (χ3v) is 3.43. The molecule has 116 valence electrons. The highest BCUT2D eigenvalue weighted by atomic mass is 16.5. The second-order valence-corrected chi connectivity index (χ2v) is 6.07.